The molecule has 0 saturated heterocycles. The second kappa shape index (κ2) is 6.38. The van der Waals surface area contributed by atoms with Gasteiger partial charge in [-0.25, -0.2) is 0 Å². The van der Waals surface area contributed by atoms with E-state index in [-0.39, 0.29) is 0 Å². The summed E-state index contributed by atoms with van der Waals surface area (Å²) in [6, 6.07) is 1.33. The van der Waals surface area contributed by atoms with Gasteiger partial charge in [-0.05, 0) is 23.7 Å². The van der Waals surface area contributed by atoms with Gasteiger partial charge >= 0.3 is 0 Å². The van der Waals surface area contributed by atoms with Crippen molar-refractivity contribution in [3.63, 3.8) is 0 Å². The van der Waals surface area contributed by atoms with E-state index in [2.05, 4.69) is 52.2 Å². The highest BCUT2D eigenvalue weighted by Crippen LogP contribution is 2.21. The Bertz CT molecular complexity index is 208. The lowest BCUT2D eigenvalue weighted by Gasteiger charge is -2.36. The molecule has 2 unspecified atom stereocenters. The van der Waals surface area contributed by atoms with Crippen LogP contribution in [0.2, 0.25) is 0 Å². The predicted molar refractivity (Wildman–Crippen MR) is 81.0 cm³/mol. The smallest absolute Gasteiger partial charge is 0.0221 e. The van der Waals surface area contributed by atoms with Gasteiger partial charge in [-0.1, -0.05) is 54.4 Å². The van der Waals surface area contributed by atoms with Crippen LogP contribution in [0, 0.1) is 10.8 Å². The molecule has 0 bridgehead atoms. The van der Waals surface area contributed by atoms with Crippen LogP contribution in [0.25, 0.3) is 0 Å². The molecule has 0 aromatic heterocycles. The Morgan fingerprint density at radius 1 is 0.722 bits per heavy atom. The Balaban J connectivity index is 2.42. The standard InChI is InChI=1S/C16H34N2/c1-15(2,3)11-17-13-9-7-8-10-14(13)18-12-16(4,5)6/h13-14,17-18H,7-12H2,1-6H3. The van der Waals surface area contributed by atoms with Crippen LogP contribution in [0.1, 0.15) is 67.2 Å². The molecule has 2 heteroatoms. The molecule has 0 spiro atoms. The summed E-state index contributed by atoms with van der Waals surface area (Å²) in [4.78, 5) is 0. The molecule has 2 atom stereocenters. The zero-order valence-electron chi connectivity index (χ0n) is 13.4. The van der Waals surface area contributed by atoms with E-state index >= 15 is 0 Å². The minimum atomic E-state index is 0.381. The maximum absolute atomic E-state index is 3.79. The first-order valence-electron chi connectivity index (χ1n) is 7.64. The Kier molecular flexibility index (Phi) is 5.67. The molecule has 2 nitrogen and oxygen atoms in total. The Labute approximate surface area is 114 Å². The van der Waals surface area contributed by atoms with Gasteiger partial charge in [-0.3, -0.25) is 0 Å². The van der Waals surface area contributed by atoms with Crippen molar-refractivity contribution >= 4 is 0 Å². The molecule has 0 aromatic rings. The fraction of sp³-hybridized carbons (Fsp3) is 1.00. The molecule has 1 aliphatic rings. The molecule has 0 amide bonds. The van der Waals surface area contributed by atoms with Crippen molar-refractivity contribution in [3.8, 4) is 0 Å². The predicted octanol–water partition coefficient (Wildman–Crippen LogP) is 3.57. The molecule has 0 aliphatic heterocycles. The first-order chi connectivity index (χ1) is 8.17. The third-order valence-electron chi connectivity index (χ3n) is 3.56. The van der Waals surface area contributed by atoms with E-state index in [0.717, 1.165) is 13.1 Å². The van der Waals surface area contributed by atoms with Crippen LogP contribution in [-0.2, 0) is 0 Å². The average Bonchev–Trinajstić information content (AvgIpc) is 2.22. The van der Waals surface area contributed by atoms with E-state index in [4.69, 9.17) is 0 Å². The monoisotopic (exact) mass is 254 g/mol. The summed E-state index contributed by atoms with van der Waals surface area (Å²) in [6.45, 7) is 16.1. The van der Waals surface area contributed by atoms with Crippen molar-refractivity contribution in [1.29, 1.82) is 0 Å². The van der Waals surface area contributed by atoms with E-state index in [0.29, 0.717) is 22.9 Å². The van der Waals surface area contributed by atoms with Gasteiger partial charge in [-0.2, -0.15) is 0 Å². The van der Waals surface area contributed by atoms with Crippen LogP contribution in [0.15, 0.2) is 0 Å². The van der Waals surface area contributed by atoms with Crippen molar-refractivity contribution < 1.29 is 0 Å². The Morgan fingerprint density at radius 3 is 1.33 bits per heavy atom. The van der Waals surface area contributed by atoms with Gasteiger partial charge in [-0.15, -0.1) is 0 Å². The minimum absolute atomic E-state index is 0.381. The molecule has 2 N–H and O–H groups in total. The van der Waals surface area contributed by atoms with Crippen LogP contribution >= 0.6 is 0 Å². The summed E-state index contributed by atoms with van der Waals surface area (Å²) < 4.78 is 0. The summed E-state index contributed by atoms with van der Waals surface area (Å²) in [5.41, 5.74) is 0.762. The lowest BCUT2D eigenvalue weighted by Crippen LogP contribution is -2.52. The lowest BCUT2D eigenvalue weighted by molar-refractivity contribution is 0.235. The first kappa shape index (κ1) is 16.0. The van der Waals surface area contributed by atoms with Crippen molar-refractivity contribution in [2.75, 3.05) is 13.1 Å². The quantitative estimate of drug-likeness (QED) is 0.801. The summed E-state index contributed by atoms with van der Waals surface area (Å²) in [7, 11) is 0. The topological polar surface area (TPSA) is 24.1 Å². The fourth-order valence-corrected chi connectivity index (χ4v) is 2.49. The third kappa shape index (κ3) is 6.75. The van der Waals surface area contributed by atoms with Gasteiger partial charge < -0.3 is 10.6 Å². The molecule has 1 fully saturated rings. The van der Waals surface area contributed by atoms with Crippen LogP contribution in [0.3, 0.4) is 0 Å². The van der Waals surface area contributed by atoms with E-state index in [1.54, 1.807) is 0 Å². The van der Waals surface area contributed by atoms with Crippen LogP contribution in [-0.4, -0.2) is 25.2 Å². The zero-order valence-corrected chi connectivity index (χ0v) is 13.4. The SMILES string of the molecule is CC(C)(C)CNC1CCCCC1NCC(C)(C)C. The number of nitrogens with one attached hydrogen (secondary N) is 2. The van der Waals surface area contributed by atoms with E-state index in [9.17, 15) is 0 Å². The fourth-order valence-electron chi connectivity index (χ4n) is 2.49. The normalized spacial score (nSPS) is 26.3. The molecule has 0 radical (unpaired) electrons. The van der Waals surface area contributed by atoms with Crippen molar-refractivity contribution in [2.45, 2.75) is 79.3 Å². The highest BCUT2D eigenvalue weighted by atomic mass is 15.0. The van der Waals surface area contributed by atoms with Crippen LogP contribution in [0.4, 0.5) is 0 Å². The van der Waals surface area contributed by atoms with E-state index in [1.165, 1.54) is 25.7 Å². The second-order valence-electron chi connectivity index (χ2n) is 8.38. The van der Waals surface area contributed by atoms with Gasteiger partial charge in [0.15, 0.2) is 0 Å². The average molecular weight is 254 g/mol. The molecule has 1 saturated carbocycles. The molecular weight excluding hydrogens is 220 g/mol. The maximum Gasteiger partial charge on any atom is 0.0221 e. The first-order valence-corrected chi connectivity index (χ1v) is 7.64. The lowest BCUT2D eigenvalue weighted by atomic mass is 9.87. The van der Waals surface area contributed by atoms with Crippen molar-refractivity contribution in [3.05, 3.63) is 0 Å². The largest absolute Gasteiger partial charge is 0.312 e. The molecule has 0 aromatic carbocycles. The number of hydrogen-bond donors (Lipinski definition) is 2. The van der Waals surface area contributed by atoms with Gasteiger partial charge in [0, 0.05) is 25.2 Å². The van der Waals surface area contributed by atoms with Gasteiger partial charge in [0.25, 0.3) is 0 Å². The van der Waals surface area contributed by atoms with Gasteiger partial charge in [0.2, 0.25) is 0 Å². The highest BCUT2D eigenvalue weighted by molar-refractivity contribution is 4.88. The summed E-state index contributed by atoms with van der Waals surface area (Å²) in [6.07, 6.45) is 5.43. The van der Waals surface area contributed by atoms with Gasteiger partial charge in [0.1, 0.15) is 0 Å². The summed E-state index contributed by atoms with van der Waals surface area (Å²) >= 11 is 0. The molecule has 108 valence electrons. The number of hydrogen-bond acceptors (Lipinski definition) is 2. The van der Waals surface area contributed by atoms with Crippen LogP contribution in [0.5, 0.6) is 0 Å². The second-order valence-corrected chi connectivity index (χ2v) is 8.38. The summed E-state index contributed by atoms with van der Waals surface area (Å²) in [5, 5.41) is 7.57. The Hall–Kier alpha value is -0.0800. The van der Waals surface area contributed by atoms with E-state index < -0.39 is 0 Å². The molecule has 1 rings (SSSR count). The number of rotatable bonds is 4. The molecule has 18 heavy (non-hydrogen) atoms. The van der Waals surface area contributed by atoms with Crippen LogP contribution < -0.4 is 10.6 Å². The molecule has 0 heterocycles. The minimum Gasteiger partial charge on any atom is -0.312 e. The zero-order chi connectivity index (χ0) is 13.8. The molecule has 1 aliphatic carbocycles. The third-order valence-corrected chi connectivity index (χ3v) is 3.56. The van der Waals surface area contributed by atoms with Crippen molar-refractivity contribution in [1.82, 2.24) is 10.6 Å². The molecular formula is C16H34N2. The van der Waals surface area contributed by atoms with Gasteiger partial charge in [0.05, 0.1) is 0 Å². The van der Waals surface area contributed by atoms with E-state index in [1.807, 2.05) is 0 Å². The summed E-state index contributed by atoms with van der Waals surface area (Å²) in [5.74, 6) is 0. The maximum atomic E-state index is 3.79. The van der Waals surface area contributed by atoms with Crippen molar-refractivity contribution in [2.24, 2.45) is 10.8 Å². The highest BCUT2D eigenvalue weighted by Gasteiger charge is 2.26. The Morgan fingerprint density at radius 2 is 1.06 bits per heavy atom.